The van der Waals surface area contributed by atoms with Crippen LogP contribution in [0.2, 0.25) is 0 Å². The Kier molecular flexibility index (Phi) is 2.91. The van der Waals surface area contributed by atoms with Gasteiger partial charge in [0.25, 0.3) is 0 Å². The molecule has 0 amide bonds. The lowest BCUT2D eigenvalue weighted by molar-refractivity contribution is 1.07. The van der Waals surface area contributed by atoms with Gasteiger partial charge in [0.1, 0.15) is 0 Å². The summed E-state index contributed by atoms with van der Waals surface area (Å²) in [5.41, 5.74) is 5.76. The predicted molar refractivity (Wildman–Crippen MR) is 54.3 cm³/mol. The molecule has 0 spiro atoms. The average molecular weight is 161 g/mol. The Morgan fingerprint density at radius 3 is 2.25 bits per heavy atom. The molecule has 0 aliphatic heterocycles. The summed E-state index contributed by atoms with van der Waals surface area (Å²) in [6.07, 6.45) is 3.31. The minimum Gasteiger partial charge on any atom is -0.0619 e. The van der Waals surface area contributed by atoms with Crippen LogP contribution in [0, 0.1) is 27.2 Å². The van der Waals surface area contributed by atoms with Crippen molar-refractivity contribution in [1.82, 2.24) is 0 Å². The number of benzene rings is 1. The Labute approximate surface area is 75.6 Å². The second-order valence-electron chi connectivity index (χ2n) is 3.42. The van der Waals surface area contributed by atoms with Crippen molar-refractivity contribution in [2.24, 2.45) is 0 Å². The summed E-state index contributed by atoms with van der Waals surface area (Å²) in [7, 11) is 0. The van der Waals surface area contributed by atoms with Gasteiger partial charge in [0.15, 0.2) is 0 Å². The first-order valence-electron chi connectivity index (χ1n) is 4.50. The van der Waals surface area contributed by atoms with Crippen LogP contribution in [0.15, 0.2) is 12.1 Å². The second-order valence-corrected chi connectivity index (χ2v) is 3.42. The monoisotopic (exact) mass is 161 g/mol. The maximum atomic E-state index is 2.22. The fourth-order valence-corrected chi connectivity index (χ4v) is 1.53. The normalized spacial score (nSPS) is 10.3. The molecule has 0 unspecified atom stereocenters. The minimum atomic E-state index is 1.10. The Morgan fingerprint density at radius 1 is 1.08 bits per heavy atom. The van der Waals surface area contributed by atoms with Gasteiger partial charge in [-0.2, -0.15) is 0 Å². The molecule has 0 aromatic heterocycles. The van der Waals surface area contributed by atoms with Crippen LogP contribution in [-0.4, -0.2) is 0 Å². The molecule has 1 radical (unpaired) electrons. The van der Waals surface area contributed by atoms with Gasteiger partial charge in [-0.3, -0.25) is 0 Å². The van der Waals surface area contributed by atoms with Crippen molar-refractivity contribution < 1.29 is 0 Å². The molecule has 0 aliphatic carbocycles. The van der Waals surface area contributed by atoms with Gasteiger partial charge in [-0.25, -0.2) is 0 Å². The molecular weight excluding hydrogens is 144 g/mol. The van der Waals surface area contributed by atoms with E-state index in [2.05, 4.69) is 46.2 Å². The molecule has 0 fully saturated rings. The molecule has 0 bridgehead atoms. The van der Waals surface area contributed by atoms with Crippen molar-refractivity contribution in [3.05, 3.63) is 40.8 Å². The van der Waals surface area contributed by atoms with Crippen molar-refractivity contribution in [2.45, 2.75) is 34.1 Å². The summed E-state index contributed by atoms with van der Waals surface area (Å²) >= 11 is 0. The van der Waals surface area contributed by atoms with Crippen LogP contribution in [0.5, 0.6) is 0 Å². The third-order valence-electron chi connectivity index (χ3n) is 2.51. The maximum Gasteiger partial charge on any atom is -0.0245 e. The van der Waals surface area contributed by atoms with Crippen molar-refractivity contribution in [1.29, 1.82) is 0 Å². The van der Waals surface area contributed by atoms with Gasteiger partial charge in [-0.15, -0.1) is 0 Å². The van der Waals surface area contributed by atoms with Gasteiger partial charge in [-0.05, 0) is 55.9 Å². The molecular formula is C12H17. The summed E-state index contributed by atoms with van der Waals surface area (Å²) in [4.78, 5) is 0. The van der Waals surface area contributed by atoms with Crippen molar-refractivity contribution in [3.63, 3.8) is 0 Å². The van der Waals surface area contributed by atoms with E-state index in [9.17, 15) is 0 Å². The van der Waals surface area contributed by atoms with Crippen LogP contribution in [0.4, 0.5) is 0 Å². The van der Waals surface area contributed by atoms with Crippen LogP contribution >= 0.6 is 0 Å². The van der Waals surface area contributed by atoms with E-state index in [0.717, 1.165) is 6.42 Å². The molecule has 1 aromatic carbocycles. The minimum absolute atomic E-state index is 1.10. The van der Waals surface area contributed by atoms with Crippen molar-refractivity contribution >= 4 is 0 Å². The third-order valence-corrected chi connectivity index (χ3v) is 2.51. The summed E-state index contributed by atoms with van der Waals surface area (Å²) in [6, 6.07) is 4.41. The van der Waals surface area contributed by atoms with E-state index in [1.807, 2.05) is 0 Å². The maximum absolute atomic E-state index is 2.22. The van der Waals surface area contributed by atoms with Crippen LogP contribution in [0.3, 0.4) is 0 Å². The van der Waals surface area contributed by atoms with Gasteiger partial charge >= 0.3 is 0 Å². The highest BCUT2D eigenvalue weighted by Crippen LogP contribution is 2.18. The highest BCUT2D eigenvalue weighted by Gasteiger charge is 2.02. The van der Waals surface area contributed by atoms with E-state index in [-0.39, 0.29) is 0 Å². The van der Waals surface area contributed by atoms with E-state index < -0.39 is 0 Å². The van der Waals surface area contributed by atoms with Gasteiger partial charge in [0, 0.05) is 0 Å². The molecule has 0 N–H and O–H groups in total. The number of aryl methyl sites for hydroxylation is 2. The summed E-state index contributed by atoms with van der Waals surface area (Å²) in [5.74, 6) is 0. The molecule has 12 heavy (non-hydrogen) atoms. The van der Waals surface area contributed by atoms with Crippen LogP contribution < -0.4 is 0 Å². The number of rotatable bonds is 2. The Bertz CT molecular complexity index is 272. The highest BCUT2D eigenvalue weighted by molar-refractivity contribution is 5.39. The largest absolute Gasteiger partial charge is 0.0619 e. The Morgan fingerprint density at radius 2 is 1.67 bits per heavy atom. The zero-order valence-electron chi connectivity index (χ0n) is 8.44. The molecule has 1 aromatic rings. The first-order chi connectivity index (χ1) is 5.66. The molecule has 1 rings (SSSR count). The Hall–Kier alpha value is -0.780. The van der Waals surface area contributed by atoms with E-state index in [1.165, 1.54) is 22.3 Å². The van der Waals surface area contributed by atoms with Crippen molar-refractivity contribution in [3.8, 4) is 0 Å². The third kappa shape index (κ3) is 1.69. The topological polar surface area (TPSA) is 0 Å². The van der Waals surface area contributed by atoms with Crippen LogP contribution in [0.1, 0.15) is 29.2 Å². The average Bonchev–Trinajstić information content (AvgIpc) is 2.06. The summed E-state index contributed by atoms with van der Waals surface area (Å²) < 4.78 is 0. The first kappa shape index (κ1) is 9.31. The fraction of sp³-hybridized carbons (Fsp3) is 0.417. The molecule has 0 atom stereocenters. The Balaban J connectivity index is 3.14. The molecule has 0 nitrogen and oxygen atoms in total. The molecule has 0 aliphatic rings. The highest BCUT2D eigenvalue weighted by atomic mass is 14.1. The van der Waals surface area contributed by atoms with E-state index in [4.69, 9.17) is 0 Å². The molecule has 65 valence electrons. The molecule has 0 saturated heterocycles. The summed E-state index contributed by atoms with van der Waals surface area (Å²) in [5, 5.41) is 0. The number of hydrogen-bond acceptors (Lipinski definition) is 0. The first-order valence-corrected chi connectivity index (χ1v) is 4.50. The summed E-state index contributed by atoms with van der Waals surface area (Å²) in [6.45, 7) is 8.68. The van der Waals surface area contributed by atoms with Crippen LogP contribution in [0.25, 0.3) is 0 Å². The standard InChI is InChI=1S/C12H17/c1-5-6-12-10(3)8-7-9(2)11(12)4/h5,7-8H,6H2,1-4H3. The van der Waals surface area contributed by atoms with Gasteiger partial charge in [0.05, 0.1) is 0 Å². The molecule has 0 heterocycles. The zero-order valence-corrected chi connectivity index (χ0v) is 8.44. The lowest BCUT2D eigenvalue weighted by Gasteiger charge is -2.10. The van der Waals surface area contributed by atoms with Gasteiger partial charge < -0.3 is 0 Å². The quantitative estimate of drug-likeness (QED) is 0.623. The van der Waals surface area contributed by atoms with E-state index in [0.29, 0.717) is 0 Å². The van der Waals surface area contributed by atoms with E-state index in [1.54, 1.807) is 0 Å². The molecule has 0 saturated carbocycles. The molecule has 0 heteroatoms. The van der Waals surface area contributed by atoms with Crippen LogP contribution in [-0.2, 0) is 6.42 Å². The van der Waals surface area contributed by atoms with Gasteiger partial charge in [0.2, 0.25) is 0 Å². The number of hydrogen-bond donors (Lipinski definition) is 0. The fourth-order valence-electron chi connectivity index (χ4n) is 1.53. The lowest BCUT2D eigenvalue weighted by atomic mass is 9.95. The zero-order chi connectivity index (χ0) is 9.14. The predicted octanol–water partition coefficient (Wildman–Crippen LogP) is 3.38. The lowest BCUT2D eigenvalue weighted by Crippen LogP contribution is -1.95. The smallest absolute Gasteiger partial charge is 0.0245 e. The SMILES string of the molecule is C[CH]Cc1c(C)ccc(C)c1C. The van der Waals surface area contributed by atoms with E-state index >= 15 is 0 Å². The van der Waals surface area contributed by atoms with Crippen molar-refractivity contribution in [2.75, 3.05) is 0 Å². The second kappa shape index (κ2) is 3.75. The van der Waals surface area contributed by atoms with Gasteiger partial charge in [-0.1, -0.05) is 19.1 Å².